The summed E-state index contributed by atoms with van der Waals surface area (Å²) in [6.45, 7) is 2.06. The first-order valence-corrected chi connectivity index (χ1v) is 9.25. The molecule has 0 spiro atoms. The number of aromatic nitrogens is 2. The molecule has 0 unspecified atom stereocenters. The second-order valence-corrected chi connectivity index (χ2v) is 7.37. The third-order valence-electron chi connectivity index (χ3n) is 4.38. The Hall–Kier alpha value is -2.18. The second kappa shape index (κ2) is 6.61. The number of pyridine rings is 1. The fraction of sp³-hybridized carbons (Fsp3) is 0.158. The number of halogens is 1. The van der Waals surface area contributed by atoms with Crippen molar-refractivity contribution in [2.75, 3.05) is 4.90 Å². The minimum absolute atomic E-state index is 0.0114. The number of hydrogen-bond donors (Lipinski definition) is 2. The number of anilines is 1. The molecule has 25 heavy (non-hydrogen) atoms. The van der Waals surface area contributed by atoms with E-state index < -0.39 is 0 Å². The SMILES string of the molecule is Cc1ccc([C@H]2[C@H](c3ccccn3)NC(=S)N2c2ccc(Br)cc2)[nH]1. The molecule has 0 saturated carbocycles. The van der Waals surface area contributed by atoms with Crippen LogP contribution in [0.3, 0.4) is 0 Å². The first kappa shape index (κ1) is 16.3. The number of nitrogens with zero attached hydrogens (tertiary/aromatic N) is 2. The van der Waals surface area contributed by atoms with Crippen LogP contribution in [-0.4, -0.2) is 15.1 Å². The van der Waals surface area contributed by atoms with Crippen molar-refractivity contribution < 1.29 is 0 Å². The minimum atomic E-state index is -0.0182. The molecule has 0 radical (unpaired) electrons. The molecule has 1 fully saturated rings. The molecule has 1 aliphatic rings. The van der Waals surface area contributed by atoms with Gasteiger partial charge in [-0.05, 0) is 67.7 Å². The third kappa shape index (κ3) is 3.07. The van der Waals surface area contributed by atoms with Gasteiger partial charge in [0, 0.05) is 27.7 Å². The molecule has 2 N–H and O–H groups in total. The van der Waals surface area contributed by atoms with Gasteiger partial charge in [-0.25, -0.2) is 0 Å². The van der Waals surface area contributed by atoms with Crippen LogP contribution in [0.15, 0.2) is 65.3 Å². The van der Waals surface area contributed by atoms with Crippen molar-refractivity contribution in [2.24, 2.45) is 0 Å². The molecule has 0 amide bonds. The number of rotatable bonds is 3. The molecule has 6 heteroatoms. The second-order valence-electron chi connectivity index (χ2n) is 6.07. The zero-order valence-electron chi connectivity index (χ0n) is 13.6. The van der Waals surface area contributed by atoms with Gasteiger partial charge in [-0.3, -0.25) is 4.98 Å². The van der Waals surface area contributed by atoms with Crippen LogP contribution in [0.2, 0.25) is 0 Å². The number of thiocarbonyl (C=S) groups is 1. The summed E-state index contributed by atoms with van der Waals surface area (Å²) in [5.41, 5.74) is 4.27. The Morgan fingerprint density at radius 1 is 1.08 bits per heavy atom. The molecule has 0 aliphatic carbocycles. The van der Waals surface area contributed by atoms with Gasteiger partial charge < -0.3 is 15.2 Å². The van der Waals surface area contributed by atoms with E-state index in [1.807, 2.05) is 36.5 Å². The highest BCUT2D eigenvalue weighted by atomic mass is 79.9. The maximum Gasteiger partial charge on any atom is 0.174 e. The molecular weight excluding hydrogens is 396 g/mol. The fourth-order valence-corrected chi connectivity index (χ4v) is 3.86. The van der Waals surface area contributed by atoms with Crippen molar-refractivity contribution in [1.82, 2.24) is 15.3 Å². The summed E-state index contributed by atoms with van der Waals surface area (Å²) < 4.78 is 1.04. The lowest BCUT2D eigenvalue weighted by atomic mass is 10.0. The van der Waals surface area contributed by atoms with E-state index in [1.165, 1.54) is 0 Å². The Bertz CT molecular complexity index is 891. The third-order valence-corrected chi connectivity index (χ3v) is 5.22. The van der Waals surface area contributed by atoms with Crippen molar-refractivity contribution in [3.05, 3.63) is 82.3 Å². The molecule has 126 valence electrons. The molecule has 1 aliphatic heterocycles. The van der Waals surface area contributed by atoms with Gasteiger partial charge in [0.2, 0.25) is 0 Å². The minimum Gasteiger partial charge on any atom is -0.361 e. The Morgan fingerprint density at radius 2 is 1.88 bits per heavy atom. The van der Waals surface area contributed by atoms with Gasteiger partial charge in [0.05, 0.1) is 11.7 Å². The van der Waals surface area contributed by atoms with E-state index in [4.69, 9.17) is 12.2 Å². The van der Waals surface area contributed by atoms with E-state index in [1.54, 1.807) is 0 Å². The van der Waals surface area contributed by atoms with E-state index >= 15 is 0 Å². The summed E-state index contributed by atoms with van der Waals surface area (Å²) in [6, 6.07) is 18.4. The molecule has 3 heterocycles. The number of hydrogen-bond acceptors (Lipinski definition) is 2. The van der Waals surface area contributed by atoms with Crippen LogP contribution in [0.25, 0.3) is 0 Å². The quantitative estimate of drug-likeness (QED) is 0.614. The largest absolute Gasteiger partial charge is 0.361 e. The smallest absolute Gasteiger partial charge is 0.174 e. The molecular formula is C19H17BrN4S. The number of aryl methyl sites for hydroxylation is 1. The van der Waals surface area contributed by atoms with Crippen LogP contribution in [0.1, 0.15) is 29.2 Å². The van der Waals surface area contributed by atoms with Crippen molar-refractivity contribution in [3.63, 3.8) is 0 Å². The van der Waals surface area contributed by atoms with Crippen LogP contribution in [0.5, 0.6) is 0 Å². The molecule has 0 bridgehead atoms. The average Bonchev–Trinajstić information content (AvgIpc) is 3.20. The molecule has 1 saturated heterocycles. The van der Waals surface area contributed by atoms with Gasteiger partial charge in [0.1, 0.15) is 6.04 Å². The van der Waals surface area contributed by atoms with Crippen molar-refractivity contribution in [1.29, 1.82) is 0 Å². The maximum absolute atomic E-state index is 5.68. The van der Waals surface area contributed by atoms with Crippen molar-refractivity contribution in [2.45, 2.75) is 19.0 Å². The van der Waals surface area contributed by atoms with Crippen molar-refractivity contribution >= 4 is 38.9 Å². The summed E-state index contributed by atoms with van der Waals surface area (Å²) in [5.74, 6) is 0. The van der Waals surface area contributed by atoms with Crippen LogP contribution >= 0.6 is 28.1 Å². The van der Waals surface area contributed by atoms with Crippen molar-refractivity contribution in [3.8, 4) is 0 Å². The Balaban J connectivity index is 1.81. The number of benzene rings is 1. The summed E-state index contributed by atoms with van der Waals surface area (Å²) >= 11 is 9.18. The van der Waals surface area contributed by atoms with E-state index in [9.17, 15) is 0 Å². The highest BCUT2D eigenvalue weighted by Gasteiger charge is 2.41. The van der Waals surface area contributed by atoms with Crippen LogP contribution in [0.4, 0.5) is 5.69 Å². The van der Waals surface area contributed by atoms with Crippen LogP contribution < -0.4 is 10.2 Å². The first-order chi connectivity index (χ1) is 12.1. The Morgan fingerprint density at radius 3 is 2.52 bits per heavy atom. The predicted molar refractivity (Wildman–Crippen MR) is 108 cm³/mol. The predicted octanol–water partition coefficient (Wildman–Crippen LogP) is 4.66. The summed E-state index contributed by atoms with van der Waals surface area (Å²) in [5, 5.41) is 4.16. The monoisotopic (exact) mass is 412 g/mol. The van der Waals surface area contributed by atoms with Gasteiger partial charge in [0.25, 0.3) is 0 Å². The molecule has 1 aromatic carbocycles. The average molecular weight is 413 g/mol. The Kier molecular flexibility index (Phi) is 4.31. The zero-order chi connectivity index (χ0) is 17.4. The fourth-order valence-electron chi connectivity index (χ4n) is 3.25. The lowest BCUT2D eigenvalue weighted by Crippen LogP contribution is -2.29. The van der Waals surface area contributed by atoms with Gasteiger partial charge in [-0.1, -0.05) is 22.0 Å². The normalized spacial score (nSPS) is 19.9. The highest BCUT2D eigenvalue weighted by Crippen LogP contribution is 2.41. The lowest BCUT2D eigenvalue weighted by Gasteiger charge is -2.27. The topological polar surface area (TPSA) is 44.0 Å². The zero-order valence-corrected chi connectivity index (χ0v) is 16.0. The highest BCUT2D eigenvalue weighted by molar-refractivity contribution is 9.10. The van der Waals surface area contributed by atoms with Gasteiger partial charge >= 0.3 is 0 Å². The molecule has 2 aromatic heterocycles. The number of nitrogens with one attached hydrogen (secondary N) is 2. The first-order valence-electron chi connectivity index (χ1n) is 8.05. The number of aromatic amines is 1. The van der Waals surface area contributed by atoms with Crippen LogP contribution in [0, 0.1) is 6.92 Å². The maximum atomic E-state index is 5.68. The number of H-pyrrole nitrogens is 1. The summed E-state index contributed by atoms with van der Waals surface area (Å²) in [6.07, 6.45) is 1.82. The van der Waals surface area contributed by atoms with Gasteiger partial charge in [-0.15, -0.1) is 0 Å². The summed E-state index contributed by atoms with van der Waals surface area (Å²) in [4.78, 5) is 10.2. The molecule has 3 aromatic rings. The lowest BCUT2D eigenvalue weighted by molar-refractivity contribution is 0.558. The van der Waals surface area contributed by atoms with E-state index in [-0.39, 0.29) is 12.1 Å². The summed E-state index contributed by atoms with van der Waals surface area (Å²) in [7, 11) is 0. The van der Waals surface area contributed by atoms with E-state index in [0.29, 0.717) is 5.11 Å². The molecule has 4 rings (SSSR count). The molecule has 2 atom stereocenters. The van der Waals surface area contributed by atoms with E-state index in [2.05, 4.69) is 67.3 Å². The standard InChI is InChI=1S/C19H17BrN4S/c1-12-5-10-16(22-12)18-17(15-4-2-3-11-21-15)23-19(25)24(18)14-8-6-13(20)7-9-14/h2-11,17-18,22H,1H3,(H,23,25)/t17-,18-/m0/s1. The molecule has 4 nitrogen and oxygen atoms in total. The Labute approximate surface area is 160 Å². The van der Waals surface area contributed by atoms with Crippen LogP contribution in [-0.2, 0) is 0 Å². The van der Waals surface area contributed by atoms with Gasteiger partial charge in [0.15, 0.2) is 5.11 Å². The van der Waals surface area contributed by atoms with E-state index in [0.717, 1.165) is 27.2 Å². The van der Waals surface area contributed by atoms with Gasteiger partial charge in [-0.2, -0.15) is 0 Å².